The van der Waals surface area contributed by atoms with Crippen LogP contribution in [0.2, 0.25) is 0 Å². The summed E-state index contributed by atoms with van der Waals surface area (Å²) in [6.07, 6.45) is 5.34. The SMILES string of the molecule is CC(=O)NCCN1CCN(C(=O)CC2=CCCN=C2)CC1. The van der Waals surface area contributed by atoms with E-state index in [0.717, 1.165) is 51.3 Å². The predicted molar refractivity (Wildman–Crippen MR) is 82.4 cm³/mol. The van der Waals surface area contributed by atoms with Gasteiger partial charge in [0.05, 0.1) is 6.42 Å². The highest BCUT2D eigenvalue weighted by Gasteiger charge is 2.21. The number of nitrogens with one attached hydrogen (secondary N) is 1. The van der Waals surface area contributed by atoms with Gasteiger partial charge in [0.2, 0.25) is 11.8 Å². The average molecular weight is 292 g/mol. The Hall–Kier alpha value is -1.69. The number of dihydropyridines is 1. The lowest BCUT2D eigenvalue weighted by Gasteiger charge is -2.34. The quantitative estimate of drug-likeness (QED) is 0.779. The number of amides is 2. The van der Waals surface area contributed by atoms with Crippen molar-refractivity contribution in [1.29, 1.82) is 0 Å². The Bertz CT molecular complexity index is 437. The van der Waals surface area contributed by atoms with Crippen LogP contribution in [-0.4, -0.2) is 73.6 Å². The van der Waals surface area contributed by atoms with Crippen LogP contribution in [0.3, 0.4) is 0 Å². The summed E-state index contributed by atoms with van der Waals surface area (Å²) in [5, 5.41) is 2.80. The summed E-state index contributed by atoms with van der Waals surface area (Å²) in [7, 11) is 0. The third kappa shape index (κ3) is 5.30. The third-order valence-corrected chi connectivity index (χ3v) is 3.80. The number of hydrogen-bond acceptors (Lipinski definition) is 4. The van der Waals surface area contributed by atoms with Crippen LogP contribution in [0, 0.1) is 0 Å². The van der Waals surface area contributed by atoms with Crippen molar-refractivity contribution in [2.75, 3.05) is 45.8 Å². The molecule has 0 radical (unpaired) electrons. The number of carbonyl (C=O) groups is 2. The van der Waals surface area contributed by atoms with Gasteiger partial charge in [0.15, 0.2) is 0 Å². The zero-order valence-electron chi connectivity index (χ0n) is 12.7. The van der Waals surface area contributed by atoms with Crippen LogP contribution in [0.25, 0.3) is 0 Å². The van der Waals surface area contributed by atoms with Crippen LogP contribution in [-0.2, 0) is 9.59 Å². The Morgan fingerprint density at radius 3 is 2.67 bits per heavy atom. The first-order valence-electron chi connectivity index (χ1n) is 7.58. The molecule has 0 unspecified atom stereocenters. The van der Waals surface area contributed by atoms with Gasteiger partial charge in [-0.1, -0.05) is 6.08 Å². The minimum absolute atomic E-state index is 0.00577. The number of carbonyl (C=O) groups excluding carboxylic acids is 2. The van der Waals surface area contributed by atoms with E-state index >= 15 is 0 Å². The molecule has 0 atom stereocenters. The lowest BCUT2D eigenvalue weighted by molar-refractivity contribution is -0.132. The van der Waals surface area contributed by atoms with Crippen molar-refractivity contribution in [2.45, 2.75) is 19.8 Å². The van der Waals surface area contributed by atoms with Gasteiger partial charge in [0, 0.05) is 59.0 Å². The Morgan fingerprint density at radius 1 is 1.29 bits per heavy atom. The first kappa shape index (κ1) is 15.7. The van der Waals surface area contributed by atoms with Gasteiger partial charge in [-0.15, -0.1) is 0 Å². The van der Waals surface area contributed by atoms with E-state index in [1.807, 2.05) is 11.1 Å². The molecule has 21 heavy (non-hydrogen) atoms. The van der Waals surface area contributed by atoms with Crippen LogP contribution in [0.1, 0.15) is 19.8 Å². The van der Waals surface area contributed by atoms with Crippen LogP contribution in [0.15, 0.2) is 16.6 Å². The predicted octanol–water partition coefficient (Wildman–Crippen LogP) is 0.0577. The molecular weight excluding hydrogens is 268 g/mol. The Morgan fingerprint density at radius 2 is 2.05 bits per heavy atom. The summed E-state index contributed by atoms with van der Waals surface area (Å²) in [5.74, 6) is 0.197. The highest BCUT2D eigenvalue weighted by molar-refractivity contribution is 5.90. The van der Waals surface area contributed by atoms with E-state index in [9.17, 15) is 9.59 Å². The van der Waals surface area contributed by atoms with E-state index in [-0.39, 0.29) is 11.8 Å². The average Bonchev–Trinajstić information content (AvgIpc) is 2.48. The van der Waals surface area contributed by atoms with Crippen molar-refractivity contribution >= 4 is 18.0 Å². The van der Waals surface area contributed by atoms with Gasteiger partial charge in [-0.3, -0.25) is 19.5 Å². The largest absolute Gasteiger partial charge is 0.355 e. The van der Waals surface area contributed by atoms with Gasteiger partial charge in [0.25, 0.3) is 0 Å². The van der Waals surface area contributed by atoms with Gasteiger partial charge in [-0.25, -0.2) is 0 Å². The Balaban J connectivity index is 1.68. The number of hydrogen-bond donors (Lipinski definition) is 1. The van der Waals surface area contributed by atoms with Crippen molar-refractivity contribution in [3.63, 3.8) is 0 Å². The maximum Gasteiger partial charge on any atom is 0.227 e. The molecule has 0 saturated carbocycles. The molecule has 6 heteroatoms. The lowest BCUT2D eigenvalue weighted by Crippen LogP contribution is -2.50. The van der Waals surface area contributed by atoms with E-state index in [4.69, 9.17) is 0 Å². The molecule has 6 nitrogen and oxygen atoms in total. The van der Waals surface area contributed by atoms with E-state index in [1.54, 1.807) is 0 Å². The zero-order chi connectivity index (χ0) is 15.1. The van der Waals surface area contributed by atoms with Crippen LogP contribution in [0.5, 0.6) is 0 Å². The normalized spacial score (nSPS) is 19.3. The van der Waals surface area contributed by atoms with Crippen LogP contribution >= 0.6 is 0 Å². The third-order valence-electron chi connectivity index (χ3n) is 3.80. The second-order valence-electron chi connectivity index (χ2n) is 5.49. The molecule has 0 spiro atoms. The molecule has 116 valence electrons. The van der Waals surface area contributed by atoms with Gasteiger partial charge in [-0.2, -0.15) is 0 Å². The van der Waals surface area contributed by atoms with Crippen molar-refractivity contribution < 1.29 is 9.59 Å². The molecule has 2 rings (SSSR count). The highest BCUT2D eigenvalue weighted by atomic mass is 16.2. The molecule has 0 aromatic rings. The number of aliphatic imine (C=N–C) groups is 1. The molecule has 2 aliphatic heterocycles. The molecule has 0 aromatic carbocycles. The second-order valence-corrected chi connectivity index (χ2v) is 5.49. The van der Waals surface area contributed by atoms with E-state index in [0.29, 0.717) is 13.0 Å². The first-order chi connectivity index (χ1) is 10.1. The van der Waals surface area contributed by atoms with Crippen LogP contribution < -0.4 is 5.32 Å². The van der Waals surface area contributed by atoms with Gasteiger partial charge >= 0.3 is 0 Å². The maximum atomic E-state index is 12.2. The highest BCUT2D eigenvalue weighted by Crippen LogP contribution is 2.10. The van der Waals surface area contributed by atoms with Gasteiger partial charge < -0.3 is 10.2 Å². The first-order valence-corrected chi connectivity index (χ1v) is 7.58. The summed E-state index contributed by atoms with van der Waals surface area (Å²) < 4.78 is 0. The van der Waals surface area contributed by atoms with Crippen LogP contribution in [0.4, 0.5) is 0 Å². The Labute approximate surface area is 125 Å². The van der Waals surface area contributed by atoms with Gasteiger partial charge in [0.1, 0.15) is 0 Å². The molecule has 0 bridgehead atoms. The summed E-state index contributed by atoms with van der Waals surface area (Å²) in [6.45, 7) is 7.17. The van der Waals surface area contributed by atoms with Crippen molar-refractivity contribution in [3.8, 4) is 0 Å². The zero-order valence-corrected chi connectivity index (χ0v) is 12.7. The standard InChI is InChI=1S/C15H24N4O2/c1-13(20)17-5-6-18-7-9-19(10-8-18)15(21)11-14-3-2-4-16-12-14/h3,12H,2,4-11H2,1H3,(H,17,20). The van der Waals surface area contributed by atoms with Crippen molar-refractivity contribution in [3.05, 3.63) is 11.6 Å². The summed E-state index contributed by atoms with van der Waals surface area (Å²) >= 11 is 0. The summed E-state index contributed by atoms with van der Waals surface area (Å²) in [4.78, 5) is 31.5. The molecule has 0 aromatic heterocycles. The molecule has 2 aliphatic rings. The molecule has 1 N–H and O–H groups in total. The summed E-state index contributed by atoms with van der Waals surface area (Å²) in [5.41, 5.74) is 1.04. The lowest BCUT2D eigenvalue weighted by atomic mass is 10.1. The number of rotatable bonds is 5. The van der Waals surface area contributed by atoms with E-state index in [2.05, 4.69) is 21.3 Å². The fraction of sp³-hybridized carbons (Fsp3) is 0.667. The molecule has 2 heterocycles. The minimum atomic E-state index is 0.00577. The van der Waals surface area contributed by atoms with E-state index < -0.39 is 0 Å². The number of piperazine rings is 1. The molecule has 1 fully saturated rings. The fourth-order valence-corrected chi connectivity index (χ4v) is 2.57. The second kappa shape index (κ2) is 7.93. The fourth-order valence-electron chi connectivity index (χ4n) is 2.57. The monoisotopic (exact) mass is 292 g/mol. The molecule has 2 amide bonds. The Kier molecular flexibility index (Phi) is 5.92. The molecular formula is C15H24N4O2. The molecule has 0 aliphatic carbocycles. The summed E-state index contributed by atoms with van der Waals surface area (Å²) in [6, 6.07) is 0. The molecule has 1 saturated heterocycles. The van der Waals surface area contributed by atoms with Crippen molar-refractivity contribution in [1.82, 2.24) is 15.1 Å². The minimum Gasteiger partial charge on any atom is -0.355 e. The van der Waals surface area contributed by atoms with E-state index in [1.165, 1.54) is 6.92 Å². The van der Waals surface area contributed by atoms with Gasteiger partial charge in [-0.05, 0) is 12.0 Å². The maximum absolute atomic E-state index is 12.2. The van der Waals surface area contributed by atoms with Crippen molar-refractivity contribution in [2.24, 2.45) is 4.99 Å². The number of nitrogens with zero attached hydrogens (tertiary/aromatic N) is 3. The topological polar surface area (TPSA) is 65.0 Å². The smallest absolute Gasteiger partial charge is 0.227 e.